The molecule has 3 heteroatoms. The van der Waals surface area contributed by atoms with E-state index in [9.17, 15) is 0 Å². The first-order valence-electron chi connectivity index (χ1n) is 5.79. The summed E-state index contributed by atoms with van der Waals surface area (Å²) in [6, 6.07) is 4.79. The summed E-state index contributed by atoms with van der Waals surface area (Å²) < 4.78 is 0. The molecule has 1 atom stereocenters. The van der Waals surface area contributed by atoms with Crippen LogP contribution >= 0.6 is 11.3 Å². The van der Waals surface area contributed by atoms with Gasteiger partial charge in [0.05, 0.1) is 6.61 Å². The van der Waals surface area contributed by atoms with Gasteiger partial charge in [0.1, 0.15) is 0 Å². The average molecular weight is 225 g/mol. The van der Waals surface area contributed by atoms with Crippen molar-refractivity contribution in [1.82, 2.24) is 5.32 Å². The van der Waals surface area contributed by atoms with Gasteiger partial charge in [0.2, 0.25) is 0 Å². The second kappa shape index (κ2) is 5.64. The second-order valence-corrected chi connectivity index (χ2v) is 5.19. The molecule has 84 valence electrons. The Hall–Kier alpha value is -0.380. The summed E-state index contributed by atoms with van der Waals surface area (Å²) in [6.07, 6.45) is 5.41. The van der Waals surface area contributed by atoms with Crippen LogP contribution in [0.1, 0.15) is 36.6 Å². The van der Waals surface area contributed by atoms with Crippen LogP contribution in [0.25, 0.3) is 0 Å². The van der Waals surface area contributed by atoms with Gasteiger partial charge in [-0.2, -0.15) is 0 Å². The van der Waals surface area contributed by atoms with Crippen molar-refractivity contribution in [2.75, 3.05) is 13.2 Å². The van der Waals surface area contributed by atoms with Gasteiger partial charge >= 0.3 is 0 Å². The molecule has 2 nitrogen and oxygen atoms in total. The summed E-state index contributed by atoms with van der Waals surface area (Å²) in [5.74, 6) is 0.773. The molecular formula is C12H19NOS. The van der Waals surface area contributed by atoms with E-state index in [4.69, 9.17) is 5.11 Å². The van der Waals surface area contributed by atoms with Crippen LogP contribution in [-0.4, -0.2) is 18.3 Å². The van der Waals surface area contributed by atoms with E-state index in [1.165, 1.54) is 30.6 Å². The molecule has 0 spiro atoms. The Morgan fingerprint density at radius 2 is 2.27 bits per heavy atom. The SMILES string of the molecule is OCCNC(c1cccs1)C1CCCC1. The molecule has 1 heterocycles. The highest BCUT2D eigenvalue weighted by atomic mass is 32.1. The maximum atomic E-state index is 8.90. The molecule has 0 aliphatic heterocycles. The van der Waals surface area contributed by atoms with Crippen molar-refractivity contribution in [1.29, 1.82) is 0 Å². The summed E-state index contributed by atoms with van der Waals surface area (Å²) >= 11 is 1.82. The van der Waals surface area contributed by atoms with Gasteiger partial charge in [-0.05, 0) is 30.2 Å². The van der Waals surface area contributed by atoms with E-state index < -0.39 is 0 Å². The van der Waals surface area contributed by atoms with Crippen LogP contribution in [0.3, 0.4) is 0 Å². The first-order valence-corrected chi connectivity index (χ1v) is 6.67. The molecule has 1 aliphatic carbocycles. The van der Waals surface area contributed by atoms with Gasteiger partial charge < -0.3 is 10.4 Å². The molecule has 15 heavy (non-hydrogen) atoms. The van der Waals surface area contributed by atoms with E-state index in [1.54, 1.807) is 0 Å². The van der Waals surface area contributed by atoms with Gasteiger partial charge in [0, 0.05) is 17.5 Å². The Morgan fingerprint density at radius 1 is 1.47 bits per heavy atom. The largest absolute Gasteiger partial charge is 0.395 e. The number of thiophene rings is 1. The third-order valence-corrected chi connectivity index (χ3v) is 4.15. The van der Waals surface area contributed by atoms with Crippen LogP contribution in [0.15, 0.2) is 17.5 Å². The highest BCUT2D eigenvalue weighted by Gasteiger charge is 2.26. The fraction of sp³-hybridized carbons (Fsp3) is 0.667. The van der Waals surface area contributed by atoms with Crippen LogP contribution < -0.4 is 5.32 Å². The van der Waals surface area contributed by atoms with Crippen molar-refractivity contribution in [3.63, 3.8) is 0 Å². The highest BCUT2D eigenvalue weighted by Crippen LogP contribution is 2.37. The zero-order chi connectivity index (χ0) is 10.5. The van der Waals surface area contributed by atoms with Gasteiger partial charge in [-0.1, -0.05) is 18.9 Å². The second-order valence-electron chi connectivity index (χ2n) is 4.22. The lowest BCUT2D eigenvalue weighted by Gasteiger charge is -2.23. The lowest BCUT2D eigenvalue weighted by Crippen LogP contribution is -2.28. The number of aliphatic hydroxyl groups is 1. The molecule has 1 saturated carbocycles. The van der Waals surface area contributed by atoms with E-state index in [2.05, 4.69) is 22.8 Å². The minimum Gasteiger partial charge on any atom is -0.395 e. The van der Waals surface area contributed by atoms with E-state index >= 15 is 0 Å². The topological polar surface area (TPSA) is 32.3 Å². The van der Waals surface area contributed by atoms with Gasteiger partial charge in [-0.25, -0.2) is 0 Å². The lowest BCUT2D eigenvalue weighted by atomic mass is 9.97. The molecule has 0 radical (unpaired) electrons. The fourth-order valence-corrected chi connectivity index (χ4v) is 3.37. The van der Waals surface area contributed by atoms with Gasteiger partial charge in [0.25, 0.3) is 0 Å². The zero-order valence-electron chi connectivity index (χ0n) is 8.98. The Bertz CT molecular complexity index is 267. The number of nitrogens with one attached hydrogen (secondary N) is 1. The Kier molecular flexibility index (Phi) is 4.18. The fourth-order valence-electron chi connectivity index (χ4n) is 2.48. The third-order valence-electron chi connectivity index (χ3n) is 3.20. The smallest absolute Gasteiger partial charge is 0.0556 e. The number of rotatable bonds is 5. The minimum absolute atomic E-state index is 0.231. The Morgan fingerprint density at radius 3 is 2.87 bits per heavy atom. The van der Waals surface area contributed by atoms with Gasteiger partial charge in [0.15, 0.2) is 0 Å². The molecule has 0 saturated heterocycles. The normalized spacial score (nSPS) is 19.5. The van der Waals surface area contributed by atoms with E-state index in [0.717, 1.165) is 5.92 Å². The van der Waals surface area contributed by atoms with Crippen molar-refractivity contribution < 1.29 is 5.11 Å². The highest BCUT2D eigenvalue weighted by molar-refractivity contribution is 7.10. The van der Waals surface area contributed by atoms with Crippen molar-refractivity contribution in [3.8, 4) is 0 Å². The number of aliphatic hydroxyl groups excluding tert-OH is 1. The van der Waals surface area contributed by atoms with Crippen LogP contribution in [0, 0.1) is 5.92 Å². The van der Waals surface area contributed by atoms with Gasteiger partial charge in [-0.3, -0.25) is 0 Å². The van der Waals surface area contributed by atoms with Crippen LogP contribution in [0.4, 0.5) is 0 Å². The maximum Gasteiger partial charge on any atom is 0.0556 e. The summed E-state index contributed by atoms with van der Waals surface area (Å²) in [5.41, 5.74) is 0. The molecule has 2 rings (SSSR count). The number of hydrogen-bond donors (Lipinski definition) is 2. The Labute approximate surface area is 95.3 Å². The number of hydrogen-bond acceptors (Lipinski definition) is 3. The van der Waals surface area contributed by atoms with Crippen molar-refractivity contribution in [2.45, 2.75) is 31.7 Å². The third kappa shape index (κ3) is 2.80. The quantitative estimate of drug-likeness (QED) is 0.807. The maximum absolute atomic E-state index is 8.90. The standard InChI is InChI=1S/C12H19NOS/c14-8-7-13-12(10-4-1-2-5-10)11-6-3-9-15-11/h3,6,9-10,12-14H,1-2,4-5,7-8H2. The van der Waals surface area contributed by atoms with Crippen LogP contribution in [0.5, 0.6) is 0 Å². The average Bonchev–Trinajstić information content (AvgIpc) is 2.90. The van der Waals surface area contributed by atoms with Crippen LogP contribution in [0.2, 0.25) is 0 Å². The molecule has 1 fully saturated rings. The van der Waals surface area contributed by atoms with E-state index in [0.29, 0.717) is 12.6 Å². The Balaban J connectivity index is 2.01. The first kappa shape index (κ1) is 11.1. The zero-order valence-corrected chi connectivity index (χ0v) is 9.80. The van der Waals surface area contributed by atoms with Crippen molar-refractivity contribution >= 4 is 11.3 Å². The monoisotopic (exact) mass is 225 g/mol. The van der Waals surface area contributed by atoms with Crippen LogP contribution in [-0.2, 0) is 0 Å². The molecular weight excluding hydrogens is 206 g/mol. The lowest BCUT2D eigenvalue weighted by molar-refractivity contribution is 0.269. The molecule has 0 amide bonds. The predicted molar refractivity (Wildman–Crippen MR) is 64.1 cm³/mol. The molecule has 1 aromatic rings. The predicted octanol–water partition coefficient (Wildman–Crippen LogP) is 2.56. The molecule has 0 aromatic carbocycles. The molecule has 2 N–H and O–H groups in total. The van der Waals surface area contributed by atoms with Crippen molar-refractivity contribution in [3.05, 3.63) is 22.4 Å². The summed E-state index contributed by atoms with van der Waals surface area (Å²) in [6.45, 7) is 0.938. The summed E-state index contributed by atoms with van der Waals surface area (Å²) in [7, 11) is 0. The molecule has 1 aromatic heterocycles. The molecule has 1 unspecified atom stereocenters. The first-order chi connectivity index (χ1) is 7.42. The summed E-state index contributed by atoms with van der Waals surface area (Å²) in [5, 5.41) is 14.5. The molecule has 0 bridgehead atoms. The minimum atomic E-state index is 0.231. The van der Waals surface area contributed by atoms with Crippen molar-refractivity contribution in [2.24, 2.45) is 5.92 Å². The van der Waals surface area contributed by atoms with E-state index in [-0.39, 0.29) is 6.61 Å². The van der Waals surface area contributed by atoms with E-state index in [1.807, 2.05) is 11.3 Å². The summed E-state index contributed by atoms with van der Waals surface area (Å²) in [4.78, 5) is 1.43. The molecule has 1 aliphatic rings. The van der Waals surface area contributed by atoms with Gasteiger partial charge in [-0.15, -0.1) is 11.3 Å².